The van der Waals surface area contributed by atoms with Crippen LogP contribution in [0.1, 0.15) is 34.5 Å². The van der Waals surface area contributed by atoms with E-state index in [2.05, 4.69) is 10.2 Å². The molecule has 0 unspecified atom stereocenters. The topological polar surface area (TPSA) is 82.2 Å². The maximum absolute atomic E-state index is 13.2. The van der Waals surface area contributed by atoms with Gasteiger partial charge in [0.2, 0.25) is 0 Å². The summed E-state index contributed by atoms with van der Waals surface area (Å²) in [6.45, 7) is 6.58. The number of likely N-dealkylation sites (N-methyl/N-ethyl adjacent to an activating group) is 1. The Morgan fingerprint density at radius 3 is 2.47 bits per heavy atom. The number of hydrogen-bond acceptors (Lipinski definition) is 5. The first-order valence-corrected chi connectivity index (χ1v) is 12.4. The Hall–Kier alpha value is -3.36. The molecule has 36 heavy (non-hydrogen) atoms. The van der Waals surface area contributed by atoms with Crippen molar-refractivity contribution in [2.45, 2.75) is 19.9 Å². The molecule has 2 aliphatic rings. The highest BCUT2D eigenvalue weighted by atomic mass is 35.5. The molecule has 2 aromatic carbocycles. The molecule has 2 aromatic rings. The molecule has 4 rings (SSSR count). The van der Waals surface area contributed by atoms with Gasteiger partial charge in [-0.3, -0.25) is 14.6 Å². The van der Waals surface area contributed by atoms with Gasteiger partial charge in [-0.05, 0) is 31.5 Å². The van der Waals surface area contributed by atoms with E-state index in [1.807, 2.05) is 31.2 Å². The second-order valence-electron chi connectivity index (χ2n) is 8.98. The third-order valence-electron chi connectivity index (χ3n) is 6.58. The van der Waals surface area contributed by atoms with Crippen LogP contribution >= 0.6 is 11.6 Å². The largest absolute Gasteiger partial charge is 0.463 e. The zero-order valence-electron chi connectivity index (χ0n) is 20.8. The number of amides is 3. The Bertz CT molecular complexity index is 1190. The van der Waals surface area contributed by atoms with Gasteiger partial charge >= 0.3 is 12.0 Å². The van der Waals surface area contributed by atoms with E-state index in [1.165, 1.54) is 4.90 Å². The number of ether oxygens (including phenoxy) is 1. The summed E-state index contributed by atoms with van der Waals surface area (Å²) < 4.78 is 5.42. The molecule has 0 radical (unpaired) electrons. The van der Waals surface area contributed by atoms with Crippen molar-refractivity contribution in [1.82, 2.24) is 20.0 Å². The number of piperazine rings is 1. The van der Waals surface area contributed by atoms with Crippen LogP contribution in [0.4, 0.5) is 4.79 Å². The number of carbonyl (C=O) groups excluding carboxylic acids is 3. The summed E-state index contributed by atoms with van der Waals surface area (Å²) in [5.41, 5.74) is 3.38. The fourth-order valence-corrected chi connectivity index (χ4v) is 4.84. The zero-order chi connectivity index (χ0) is 25.8. The van der Waals surface area contributed by atoms with Crippen molar-refractivity contribution in [3.8, 4) is 0 Å². The van der Waals surface area contributed by atoms with Crippen molar-refractivity contribution < 1.29 is 19.1 Å². The van der Waals surface area contributed by atoms with Gasteiger partial charge in [-0.15, -0.1) is 0 Å². The number of hydrogen-bond donors (Lipinski definition) is 1. The number of esters is 1. The normalized spacial score (nSPS) is 18.8. The zero-order valence-corrected chi connectivity index (χ0v) is 21.5. The maximum Gasteiger partial charge on any atom is 0.338 e. The molecule has 0 bridgehead atoms. The third-order valence-corrected chi connectivity index (χ3v) is 6.91. The van der Waals surface area contributed by atoms with Gasteiger partial charge in [0, 0.05) is 45.5 Å². The van der Waals surface area contributed by atoms with Gasteiger partial charge in [0.15, 0.2) is 0 Å². The molecule has 2 aliphatic heterocycles. The lowest BCUT2D eigenvalue weighted by Gasteiger charge is -2.39. The molecule has 1 saturated heterocycles. The second-order valence-corrected chi connectivity index (χ2v) is 9.39. The van der Waals surface area contributed by atoms with Crippen LogP contribution in [0.3, 0.4) is 0 Å². The summed E-state index contributed by atoms with van der Waals surface area (Å²) in [7, 11) is 1.66. The smallest absolute Gasteiger partial charge is 0.338 e. The molecule has 0 saturated carbocycles. The molecule has 9 heteroatoms. The third kappa shape index (κ3) is 5.39. The maximum atomic E-state index is 13.2. The van der Waals surface area contributed by atoms with Crippen molar-refractivity contribution in [2.75, 3.05) is 46.4 Å². The van der Waals surface area contributed by atoms with Crippen molar-refractivity contribution in [3.63, 3.8) is 0 Å². The molecule has 0 aliphatic carbocycles. The number of benzene rings is 2. The lowest BCUT2D eigenvalue weighted by atomic mass is 9.93. The van der Waals surface area contributed by atoms with E-state index in [-0.39, 0.29) is 18.5 Å². The Morgan fingerprint density at radius 1 is 1.08 bits per heavy atom. The number of urea groups is 1. The highest BCUT2D eigenvalue weighted by Crippen LogP contribution is 2.32. The minimum Gasteiger partial charge on any atom is -0.463 e. The Morgan fingerprint density at radius 2 is 1.81 bits per heavy atom. The molecule has 1 N–H and O–H groups in total. The van der Waals surface area contributed by atoms with Crippen molar-refractivity contribution >= 4 is 29.5 Å². The molecule has 190 valence electrons. The lowest BCUT2D eigenvalue weighted by Crippen LogP contribution is -2.53. The van der Waals surface area contributed by atoms with E-state index >= 15 is 0 Å². The van der Waals surface area contributed by atoms with Crippen molar-refractivity contribution in [3.05, 3.63) is 81.5 Å². The minimum atomic E-state index is -0.606. The van der Waals surface area contributed by atoms with E-state index < -0.39 is 12.0 Å². The predicted molar refractivity (Wildman–Crippen MR) is 138 cm³/mol. The van der Waals surface area contributed by atoms with Gasteiger partial charge in [0.1, 0.15) is 0 Å². The highest BCUT2D eigenvalue weighted by Gasteiger charge is 2.38. The second kappa shape index (κ2) is 11.1. The molecule has 1 fully saturated rings. The molecule has 3 amide bonds. The van der Waals surface area contributed by atoms with Crippen LogP contribution in [0, 0.1) is 6.92 Å². The fraction of sp³-hybridized carbons (Fsp3) is 0.370. The van der Waals surface area contributed by atoms with Crippen molar-refractivity contribution in [2.24, 2.45) is 0 Å². The number of aryl methyl sites for hydroxylation is 1. The summed E-state index contributed by atoms with van der Waals surface area (Å²) in [6.07, 6.45) is 0. The summed E-state index contributed by atoms with van der Waals surface area (Å²) in [4.78, 5) is 44.4. The van der Waals surface area contributed by atoms with Gasteiger partial charge in [0.25, 0.3) is 5.91 Å². The van der Waals surface area contributed by atoms with E-state index in [0.29, 0.717) is 54.6 Å². The SMILES string of the molecule is CCOC(=O)C1=C(CN2CCN(C(=O)c3ccccc3Cl)CC2)N(C)C(=O)N[C@@H]1c1cccc(C)c1. The number of carbonyl (C=O) groups is 3. The molecular weight excluding hydrogens is 480 g/mol. The molecule has 2 heterocycles. The number of rotatable bonds is 6. The monoisotopic (exact) mass is 510 g/mol. The van der Waals surface area contributed by atoms with Crippen LogP contribution in [0.15, 0.2) is 59.8 Å². The molecule has 0 aromatic heterocycles. The van der Waals surface area contributed by atoms with Gasteiger partial charge < -0.3 is 15.0 Å². The fourth-order valence-electron chi connectivity index (χ4n) is 4.62. The van der Waals surface area contributed by atoms with E-state index in [9.17, 15) is 14.4 Å². The summed E-state index contributed by atoms with van der Waals surface area (Å²) in [5, 5.41) is 3.39. The summed E-state index contributed by atoms with van der Waals surface area (Å²) in [5.74, 6) is -0.543. The predicted octanol–water partition coefficient (Wildman–Crippen LogP) is 3.62. The van der Waals surface area contributed by atoms with Gasteiger partial charge in [-0.2, -0.15) is 0 Å². The lowest BCUT2D eigenvalue weighted by molar-refractivity contribution is -0.139. The first kappa shape index (κ1) is 25.7. The first-order chi connectivity index (χ1) is 17.3. The molecule has 8 nitrogen and oxygen atoms in total. The van der Waals surface area contributed by atoms with Crippen LogP contribution in [0.25, 0.3) is 0 Å². The van der Waals surface area contributed by atoms with Crippen molar-refractivity contribution in [1.29, 1.82) is 0 Å². The van der Waals surface area contributed by atoms with Gasteiger partial charge in [0.05, 0.1) is 28.8 Å². The average Bonchev–Trinajstić information content (AvgIpc) is 2.87. The standard InChI is InChI=1S/C27H31ClN4O4/c1-4-36-26(34)23-22(30(3)27(35)29-24(23)19-9-7-8-18(2)16-19)17-31-12-14-32(15-13-31)25(33)20-10-5-6-11-21(20)28/h5-11,16,24H,4,12-15,17H2,1-3H3,(H,29,35)/t24-/m1/s1. The minimum absolute atomic E-state index is 0.0969. The van der Waals surface area contributed by atoms with Crippen LogP contribution in [-0.4, -0.2) is 79.0 Å². The number of nitrogens with zero attached hydrogens (tertiary/aromatic N) is 3. The quantitative estimate of drug-likeness (QED) is 0.600. The Kier molecular flexibility index (Phi) is 7.96. The van der Waals surface area contributed by atoms with E-state index in [4.69, 9.17) is 16.3 Å². The summed E-state index contributed by atoms with van der Waals surface area (Å²) in [6, 6.07) is 13.9. The highest BCUT2D eigenvalue weighted by molar-refractivity contribution is 6.33. The number of nitrogens with one attached hydrogen (secondary N) is 1. The van der Waals surface area contributed by atoms with Crippen LogP contribution in [0.2, 0.25) is 5.02 Å². The van der Waals surface area contributed by atoms with E-state index in [1.54, 1.807) is 43.1 Å². The average molecular weight is 511 g/mol. The van der Waals surface area contributed by atoms with Gasteiger partial charge in [-0.1, -0.05) is 53.6 Å². The van der Waals surface area contributed by atoms with Gasteiger partial charge in [-0.25, -0.2) is 9.59 Å². The van der Waals surface area contributed by atoms with Crippen LogP contribution in [0.5, 0.6) is 0 Å². The molecule has 1 atom stereocenters. The first-order valence-electron chi connectivity index (χ1n) is 12.1. The molecule has 0 spiro atoms. The summed E-state index contributed by atoms with van der Waals surface area (Å²) >= 11 is 6.22. The van der Waals surface area contributed by atoms with Crippen LogP contribution < -0.4 is 5.32 Å². The number of halogens is 1. The van der Waals surface area contributed by atoms with Crippen LogP contribution in [-0.2, 0) is 9.53 Å². The Labute approximate surface area is 216 Å². The molecular formula is C27H31ClN4O4. The Balaban J connectivity index is 1.57. The van der Waals surface area contributed by atoms with E-state index in [0.717, 1.165) is 11.1 Å².